The van der Waals surface area contributed by atoms with Crippen molar-refractivity contribution in [1.29, 1.82) is 5.26 Å². The Hall–Kier alpha value is -2.62. The van der Waals surface area contributed by atoms with Gasteiger partial charge in [-0.3, -0.25) is 0 Å². The van der Waals surface area contributed by atoms with Crippen molar-refractivity contribution in [2.24, 2.45) is 5.92 Å². The second kappa shape index (κ2) is 6.52. The average molecular weight is 279 g/mol. The fourth-order valence-corrected chi connectivity index (χ4v) is 1.52. The number of carboxylic acid groups (broad SMARTS) is 1. The van der Waals surface area contributed by atoms with Gasteiger partial charge in [0.25, 0.3) is 0 Å². The van der Waals surface area contributed by atoms with Gasteiger partial charge in [0.15, 0.2) is 0 Å². The van der Waals surface area contributed by atoms with E-state index in [1.54, 1.807) is 6.92 Å². The molecule has 7 heteroatoms. The molecular weight excluding hydrogens is 265 g/mol. The number of carboxylic acids is 1. The van der Waals surface area contributed by atoms with Gasteiger partial charge in [-0.25, -0.2) is 14.0 Å². The van der Waals surface area contributed by atoms with Gasteiger partial charge in [-0.2, -0.15) is 5.26 Å². The summed E-state index contributed by atoms with van der Waals surface area (Å²) in [6.45, 7) is 1.91. The average Bonchev–Trinajstić information content (AvgIpc) is 2.37. The smallest absolute Gasteiger partial charge is 0.338 e. The van der Waals surface area contributed by atoms with Gasteiger partial charge >= 0.3 is 12.0 Å². The number of benzene rings is 1. The van der Waals surface area contributed by atoms with Crippen LogP contribution in [0.2, 0.25) is 0 Å². The lowest BCUT2D eigenvalue weighted by Gasteiger charge is -2.19. The monoisotopic (exact) mass is 279 g/mol. The van der Waals surface area contributed by atoms with Crippen molar-refractivity contribution in [3.05, 3.63) is 29.6 Å². The number of halogens is 1. The van der Waals surface area contributed by atoms with Crippen LogP contribution in [0.15, 0.2) is 18.2 Å². The summed E-state index contributed by atoms with van der Waals surface area (Å²) in [7, 11) is 1.51. The van der Waals surface area contributed by atoms with E-state index in [-0.39, 0.29) is 18.2 Å². The highest BCUT2D eigenvalue weighted by Gasteiger charge is 2.14. The number of carbonyl (C=O) groups excluding carboxylic acids is 1. The van der Waals surface area contributed by atoms with Crippen LogP contribution in [0, 0.1) is 23.1 Å². The zero-order chi connectivity index (χ0) is 15.3. The van der Waals surface area contributed by atoms with E-state index < -0.39 is 23.4 Å². The van der Waals surface area contributed by atoms with E-state index in [1.807, 2.05) is 6.07 Å². The van der Waals surface area contributed by atoms with Gasteiger partial charge in [0.2, 0.25) is 0 Å². The maximum absolute atomic E-state index is 13.4. The maximum Gasteiger partial charge on any atom is 0.338 e. The number of rotatable bonds is 4. The third kappa shape index (κ3) is 3.95. The molecule has 0 spiro atoms. The maximum atomic E-state index is 13.4. The van der Waals surface area contributed by atoms with Crippen LogP contribution in [-0.4, -0.2) is 35.6 Å². The van der Waals surface area contributed by atoms with Crippen LogP contribution in [0.25, 0.3) is 0 Å². The van der Waals surface area contributed by atoms with Crippen molar-refractivity contribution in [3.8, 4) is 6.07 Å². The van der Waals surface area contributed by atoms with E-state index in [4.69, 9.17) is 10.4 Å². The van der Waals surface area contributed by atoms with Gasteiger partial charge in [0, 0.05) is 19.3 Å². The number of carbonyl (C=O) groups is 2. The van der Waals surface area contributed by atoms with Crippen LogP contribution in [0.1, 0.15) is 17.3 Å². The fraction of sp³-hybridized carbons (Fsp3) is 0.308. The predicted molar refractivity (Wildman–Crippen MR) is 69.8 cm³/mol. The third-order valence-corrected chi connectivity index (χ3v) is 2.57. The van der Waals surface area contributed by atoms with Crippen molar-refractivity contribution >= 4 is 17.7 Å². The first-order chi connectivity index (χ1) is 9.35. The third-order valence-electron chi connectivity index (χ3n) is 2.57. The van der Waals surface area contributed by atoms with Gasteiger partial charge in [0.05, 0.1) is 17.6 Å². The molecule has 2 amide bonds. The Bertz CT molecular complexity index is 568. The van der Waals surface area contributed by atoms with Crippen LogP contribution < -0.4 is 5.32 Å². The van der Waals surface area contributed by atoms with Crippen LogP contribution in [0.5, 0.6) is 0 Å². The van der Waals surface area contributed by atoms with Gasteiger partial charge in [-0.1, -0.05) is 0 Å². The van der Waals surface area contributed by atoms with Crippen LogP contribution in [0.4, 0.5) is 14.9 Å². The number of amides is 2. The Kier molecular flexibility index (Phi) is 5.03. The molecule has 0 fully saturated rings. The van der Waals surface area contributed by atoms with Crippen LogP contribution in [-0.2, 0) is 0 Å². The summed E-state index contributed by atoms with van der Waals surface area (Å²) in [6, 6.07) is 4.80. The molecule has 0 aliphatic heterocycles. The Morgan fingerprint density at radius 2 is 2.20 bits per heavy atom. The molecule has 0 aliphatic carbocycles. The van der Waals surface area contributed by atoms with E-state index in [0.717, 1.165) is 12.1 Å². The molecule has 0 aromatic heterocycles. The minimum absolute atomic E-state index is 0.147. The topological polar surface area (TPSA) is 93.4 Å². The fourth-order valence-electron chi connectivity index (χ4n) is 1.52. The molecule has 1 aromatic rings. The standard InChI is InChI=1S/C13H14FN3O3/c1-8(6-15)7-17(2)13(20)16-9-3-4-10(12(18)19)11(14)5-9/h3-5,8H,7H2,1-2H3,(H,16,20)(H,18,19). The summed E-state index contributed by atoms with van der Waals surface area (Å²) in [4.78, 5) is 23.7. The van der Waals surface area contributed by atoms with Gasteiger partial charge in [-0.15, -0.1) is 0 Å². The second-order valence-electron chi connectivity index (χ2n) is 4.34. The van der Waals surface area contributed by atoms with Gasteiger partial charge in [0.1, 0.15) is 5.82 Å². The van der Waals surface area contributed by atoms with Gasteiger partial charge in [-0.05, 0) is 25.1 Å². The normalized spacial score (nSPS) is 11.3. The molecule has 106 valence electrons. The highest BCUT2D eigenvalue weighted by molar-refractivity contribution is 5.91. The minimum atomic E-state index is -1.37. The Labute approximate surface area is 115 Å². The van der Waals surface area contributed by atoms with Crippen molar-refractivity contribution in [2.45, 2.75) is 6.92 Å². The Morgan fingerprint density at radius 3 is 2.70 bits per heavy atom. The summed E-state index contributed by atoms with van der Waals surface area (Å²) < 4.78 is 13.4. The van der Waals surface area contributed by atoms with Crippen LogP contribution >= 0.6 is 0 Å². The van der Waals surface area contributed by atoms with Gasteiger partial charge < -0.3 is 15.3 Å². The number of nitrogens with zero attached hydrogens (tertiary/aromatic N) is 2. The van der Waals surface area contributed by atoms with Crippen LogP contribution in [0.3, 0.4) is 0 Å². The lowest BCUT2D eigenvalue weighted by atomic mass is 10.2. The van der Waals surface area contributed by atoms with E-state index in [9.17, 15) is 14.0 Å². The molecule has 0 heterocycles. The lowest BCUT2D eigenvalue weighted by molar-refractivity contribution is 0.0692. The van der Waals surface area contributed by atoms with Crippen molar-refractivity contribution < 1.29 is 19.1 Å². The van der Waals surface area contributed by atoms with E-state index >= 15 is 0 Å². The van der Waals surface area contributed by atoms with Crippen molar-refractivity contribution in [2.75, 3.05) is 18.9 Å². The number of nitrogens with one attached hydrogen (secondary N) is 1. The summed E-state index contributed by atoms with van der Waals surface area (Å²) in [5.74, 6) is -2.62. The molecule has 2 N–H and O–H groups in total. The lowest BCUT2D eigenvalue weighted by Crippen LogP contribution is -2.34. The number of hydrogen-bond donors (Lipinski definition) is 2. The molecule has 1 atom stereocenters. The van der Waals surface area contributed by atoms with E-state index in [0.29, 0.717) is 0 Å². The molecule has 6 nitrogen and oxygen atoms in total. The SMILES string of the molecule is CC(C#N)CN(C)C(=O)Nc1ccc(C(=O)O)c(F)c1. The molecule has 0 saturated carbocycles. The van der Waals surface area contributed by atoms with E-state index in [2.05, 4.69) is 5.32 Å². The molecule has 0 saturated heterocycles. The molecule has 0 aliphatic rings. The van der Waals surface area contributed by atoms with Crippen molar-refractivity contribution in [1.82, 2.24) is 4.90 Å². The largest absolute Gasteiger partial charge is 0.478 e. The molecule has 1 aromatic carbocycles. The second-order valence-corrected chi connectivity index (χ2v) is 4.34. The summed E-state index contributed by atoms with van der Waals surface area (Å²) in [5.41, 5.74) is -0.316. The molecule has 20 heavy (non-hydrogen) atoms. The zero-order valence-electron chi connectivity index (χ0n) is 11.1. The first kappa shape index (κ1) is 15.4. The quantitative estimate of drug-likeness (QED) is 0.883. The Morgan fingerprint density at radius 1 is 1.55 bits per heavy atom. The number of nitriles is 1. The highest BCUT2D eigenvalue weighted by atomic mass is 19.1. The summed E-state index contributed by atoms with van der Waals surface area (Å²) >= 11 is 0. The number of hydrogen-bond acceptors (Lipinski definition) is 3. The number of urea groups is 1. The highest BCUT2D eigenvalue weighted by Crippen LogP contribution is 2.15. The van der Waals surface area contributed by atoms with E-state index in [1.165, 1.54) is 18.0 Å². The summed E-state index contributed by atoms with van der Waals surface area (Å²) in [6.07, 6.45) is 0. The molecule has 0 bridgehead atoms. The first-order valence-corrected chi connectivity index (χ1v) is 5.79. The zero-order valence-corrected chi connectivity index (χ0v) is 11.1. The molecular formula is C13H14FN3O3. The molecule has 1 unspecified atom stereocenters. The first-order valence-electron chi connectivity index (χ1n) is 5.79. The minimum Gasteiger partial charge on any atom is -0.478 e. The number of anilines is 1. The summed E-state index contributed by atoms with van der Waals surface area (Å²) in [5, 5.41) is 19.8. The number of aromatic carboxylic acids is 1. The Balaban J connectivity index is 2.74. The van der Waals surface area contributed by atoms with Crippen molar-refractivity contribution in [3.63, 3.8) is 0 Å². The predicted octanol–water partition coefficient (Wildman–Crippen LogP) is 2.15. The molecule has 1 rings (SSSR count). The molecule has 0 radical (unpaired) electrons.